The van der Waals surface area contributed by atoms with Gasteiger partial charge in [-0.1, -0.05) is 61.0 Å². The molecular formula is C29H31ClN2O6. The van der Waals surface area contributed by atoms with Gasteiger partial charge in [0.2, 0.25) is 0 Å². The van der Waals surface area contributed by atoms with E-state index in [-0.39, 0.29) is 6.61 Å². The van der Waals surface area contributed by atoms with E-state index < -0.39 is 37.3 Å². The number of benzene rings is 2. The molecule has 2 aromatic heterocycles. The molecule has 200 valence electrons. The Morgan fingerprint density at radius 1 is 0.947 bits per heavy atom. The Balaban J connectivity index is 1.58. The maximum atomic E-state index is 10.4. The number of aliphatic hydroxyl groups excluding tert-OH is 4. The Bertz CT molecular complexity index is 1390. The molecule has 1 fully saturated rings. The molecule has 0 aliphatic carbocycles. The van der Waals surface area contributed by atoms with Gasteiger partial charge in [-0.25, -0.2) is 4.52 Å². The lowest BCUT2D eigenvalue weighted by molar-refractivity contribution is -0.300. The first-order chi connectivity index (χ1) is 18.4. The summed E-state index contributed by atoms with van der Waals surface area (Å²) in [5.41, 5.74) is 6.57. The number of fused-ring (bicyclic) bond motifs is 1. The molecule has 0 bridgehead atoms. The molecule has 38 heavy (non-hydrogen) atoms. The summed E-state index contributed by atoms with van der Waals surface area (Å²) < 4.78 is 13.4. The maximum absolute atomic E-state index is 10.4. The molecule has 1 aliphatic rings. The van der Waals surface area contributed by atoms with Crippen molar-refractivity contribution < 1.29 is 29.9 Å². The lowest BCUT2D eigenvalue weighted by Crippen LogP contribution is -2.59. The number of rotatable bonds is 8. The van der Waals surface area contributed by atoms with Crippen molar-refractivity contribution in [3.8, 4) is 22.4 Å². The number of aryl methyl sites for hydroxylation is 1. The van der Waals surface area contributed by atoms with E-state index >= 15 is 0 Å². The number of aromatic nitrogens is 2. The summed E-state index contributed by atoms with van der Waals surface area (Å²) in [4.78, 5) is 0. The molecule has 8 nitrogen and oxygen atoms in total. The highest BCUT2D eigenvalue weighted by Crippen LogP contribution is 2.37. The van der Waals surface area contributed by atoms with E-state index in [4.69, 9.17) is 26.2 Å². The van der Waals surface area contributed by atoms with Crippen LogP contribution in [0.25, 0.3) is 27.9 Å². The molecule has 2 aromatic carbocycles. The van der Waals surface area contributed by atoms with E-state index in [1.807, 2.05) is 59.1 Å². The van der Waals surface area contributed by atoms with E-state index in [1.165, 1.54) is 0 Å². The predicted molar refractivity (Wildman–Crippen MR) is 144 cm³/mol. The van der Waals surface area contributed by atoms with Crippen LogP contribution in [0, 0.1) is 0 Å². The molecule has 4 aromatic rings. The fourth-order valence-electron chi connectivity index (χ4n) is 5.00. The molecule has 1 unspecified atom stereocenters. The molecular weight excluding hydrogens is 508 g/mol. The largest absolute Gasteiger partial charge is 0.394 e. The number of halogens is 1. The lowest BCUT2D eigenvalue weighted by atomic mass is 9.94. The van der Waals surface area contributed by atoms with E-state index in [2.05, 4.69) is 19.1 Å². The number of aliphatic hydroxyl groups is 4. The molecule has 5 rings (SSSR count). The molecule has 1 aliphatic heterocycles. The highest BCUT2D eigenvalue weighted by Gasteiger charge is 2.44. The number of nitrogens with zero attached hydrogens (tertiary/aromatic N) is 2. The van der Waals surface area contributed by atoms with Gasteiger partial charge in [-0.15, -0.1) is 0 Å². The molecule has 1 saturated heterocycles. The molecule has 3 heterocycles. The van der Waals surface area contributed by atoms with Crippen LogP contribution >= 0.6 is 11.6 Å². The highest BCUT2D eigenvalue weighted by atomic mass is 35.5. The van der Waals surface area contributed by atoms with Crippen molar-refractivity contribution in [1.82, 2.24) is 9.61 Å². The summed E-state index contributed by atoms with van der Waals surface area (Å²) >= 11 is 6.41. The van der Waals surface area contributed by atoms with Crippen LogP contribution in [0.2, 0.25) is 5.02 Å². The third-order valence-electron chi connectivity index (χ3n) is 6.98. The van der Waals surface area contributed by atoms with Gasteiger partial charge in [0.15, 0.2) is 6.29 Å². The number of hydrogen-bond acceptors (Lipinski definition) is 7. The van der Waals surface area contributed by atoms with Gasteiger partial charge in [0.25, 0.3) is 0 Å². The van der Waals surface area contributed by atoms with Gasteiger partial charge in [-0.3, -0.25) is 0 Å². The Kier molecular flexibility index (Phi) is 8.11. The monoisotopic (exact) mass is 538 g/mol. The Morgan fingerprint density at radius 2 is 1.71 bits per heavy atom. The van der Waals surface area contributed by atoms with Crippen LogP contribution < -0.4 is 0 Å². The summed E-state index contributed by atoms with van der Waals surface area (Å²) in [6.45, 7) is 1.69. The maximum Gasteiger partial charge on any atom is 0.186 e. The summed E-state index contributed by atoms with van der Waals surface area (Å²) in [7, 11) is 0. The lowest BCUT2D eigenvalue weighted by Gasteiger charge is -2.39. The highest BCUT2D eigenvalue weighted by molar-refractivity contribution is 6.30. The molecule has 0 amide bonds. The second kappa shape index (κ2) is 11.5. The fraction of sp³-hybridized carbons (Fsp3) is 0.345. The average Bonchev–Trinajstić information content (AvgIpc) is 3.35. The zero-order chi connectivity index (χ0) is 26.8. The number of ether oxygens (including phenoxy) is 2. The third-order valence-corrected chi connectivity index (χ3v) is 7.22. The zero-order valence-corrected chi connectivity index (χ0v) is 21.7. The van der Waals surface area contributed by atoms with Gasteiger partial charge in [-0.05, 0) is 48.2 Å². The van der Waals surface area contributed by atoms with Crippen LogP contribution in [0.5, 0.6) is 0 Å². The SMILES string of the molecule is CCc1ccc2c(-c3cccc(Cl)c3)c(CCO[C@@H]3O[C@H](CO)[C@H](O)C(O)[C@H]3O)c(-c3ccccc3)nn12. The van der Waals surface area contributed by atoms with Crippen LogP contribution in [0.15, 0.2) is 66.7 Å². The second-order valence-electron chi connectivity index (χ2n) is 9.37. The van der Waals surface area contributed by atoms with Crippen molar-refractivity contribution >= 4 is 17.1 Å². The summed E-state index contributed by atoms with van der Waals surface area (Å²) in [6.07, 6.45) is -5.45. The van der Waals surface area contributed by atoms with Gasteiger partial charge in [0.05, 0.1) is 24.4 Å². The first-order valence-electron chi connectivity index (χ1n) is 12.7. The van der Waals surface area contributed by atoms with Crippen LogP contribution in [-0.2, 0) is 22.3 Å². The predicted octanol–water partition coefficient (Wildman–Crippen LogP) is 3.24. The topological polar surface area (TPSA) is 117 Å². The van der Waals surface area contributed by atoms with Crippen molar-refractivity contribution in [2.75, 3.05) is 13.2 Å². The second-order valence-corrected chi connectivity index (χ2v) is 9.81. The summed E-state index contributed by atoms with van der Waals surface area (Å²) in [5, 5.41) is 45.8. The summed E-state index contributed by atoms with van der Waals surface area (Å²) in [6, 6.07) is 21.7. The van der Waals surface area contributed by atoms with Crippen molar-refractivity contribution in [3.05, 3.63) is 83.0 Å². The standard InChI is InChI=1S/C29H31ClN2O6/c1-2-20-11-12-22-24(18-9-6-10-19(30)15-18)21(25(31-32(20)22)17-7-4-3-5-8-17)13-14-37-29-28(36)27(35)26(34)23(16-33)38-29/h3-12,15,23,26-29,33-36H,2,13-14,16H2,1H3/t23-,26+,27?,28-,29-/m1/s1. The van der Waals surface area contributed by atoms with Gasteiger partial charge in [0, 0.05) is 21.8 Å². The zero-order valence-electron chi connectivity index (χ0n) is 20.9. The summed E-state index contributed by atoms with van der Waals surface area (Å²) in [5.74, 6) is 0. The Labute approximate surface area is 225 Å². The Morgan fingerprint density at radius 3 is 2.42 bits per heavy atom. The third kappa shape index (κ3) is 5.09. The molecule has 5 atom stereocenters. The van der Waals surface area contributed by atoms with Crippen molar-refractivity contribution in [2.24, 2.45) is 0 Å². The van der Waals surface area contributed by atoms with E-state index in [1.54, 1.807) is 0 Å². The smallest absolute Gasteiger partial charge is 0.186 e. The van der Waals surface area contributed by atoms with Gasteiger partial charge in [0.1, 0.15) is 24.4 Å². The quantitative estimate of drug-likeness (QED) is 0.272. The first-order valence-corrected chi connectivity index (χ1v) is 13.1. The minimum atomic E-state index is -1.50. The average molecular weight is 539 g/mol. The molecule has 0 radical (unpaired) electrons. The fourth-order valence-corrected chi connectivity index (χ4v) is 5.19. The van der Waals surface area contributed by atoms with Crippen LogP contribution in [0.1, 0.15) is 18.2 Å². The van der Waals surface area contributed by atoms with Gasteiger partial charge >= 0.3 is 0 Å². The molecule has 0 saturated carbocycles. The van der Waals surface area contributed by atoms with Crippen molar-refractivity contribution in [1.29, 1.82) is 0 Å². The molecule has 9 heteroatoms. The first kappa shape index (κ1) is 26.8. The van der Waals surface area contributed by atoms with Gasteiger partial charge < -0.3 is 29.9 Å². The van der Waals surface area contributed by atoms with Gasteiger partial charge in [-0.2, -0.15) is 5.10 Å². The number of hydrogen-bond donors (Lipinski definition) is 4. The molecule has 4 N–H and O–H groups in total. The van der Waals surface area contributed by atoms with Crippen molar-refractivity contribution in [3.63, 3.8) is 0 Å². The van der Waals surface area contributed by atoms with Crippen molar-refractivity contribution in [2.45, 2.75) is 50.5 Å². The van der Waals surface area contributed by atoms with Crippen LogP contribution in [0.4, 0.5) is 0 Å². The Hall–Kier alpha value is -2.82. The minimum absolute atomic E-state index is 0.120. The van der Waals surface area contributed by atoms with E-state index in [0.717, 1.165) is 45.6 Å². The van der Waals surface area contributed by atoms with Crippen LogP contribution in [0.3, 0.4) is 0 Å². The van der Waals surface area contributed by atoms with Crippen LogP contribution in [-0.4, -0.2) is 74.0 Å². The normalized spacial score (nSPS) is 23.7. The minimum Gasteiger partial charge on any atom is -0.394 e. The van der Waals surface area contributed by atoms with E-state index in [9.17, 15) is 20.4 Å². The van der Waals surface area contributed by atoms with E-state index in [0.29, 0.717) is 11.4 Å². The molecule has 0 spiro atoms.